The van der Waals surface area contributed by atoms with Gasteiger partial charge in [-0.3, -0.25) is 4.79 Å². The van der Waals surface area contributed by atoms with Crippen molar-refractivity contribution in [3.8, 4) is 0 Å². The first-order valence-corrected chi connectivity index (χ1v) is 4.65. The lowest BCUT2D eigenvalue weighted by molar-refractivity contribution is 0.0913. The summed E-state index contributed by atoms with van der Waals surface area (Å²) in [7, 11) is 0. The number of carbonyl (C=O) groups excluding carboxylic acids is 1. The average molecular weight is 197 g/mol. The number of hydrogen-bond donors (Lipinski definition) is 2. The molecule has 0 aliphatic heterocycles. The number of aliphatic hydroxyl groups is 1. The Bertz CT molecular complexity index is 306. The van der Waals surface area contributed by atoms with E-state index in [1.807, 2.05) is 6.92 Å². The maximum absolute atomic E-state index is 11.4. The molecule has 1 rings (SSSR count). The lowest BCUT2D eigenvalue weighted by Crippen LogP contribution is -2.31. The molecule has 4 nitrogen and oxygen atoms in total. The lowest BCUT2D eigenvalue weighted by Gasteiger charge is -2.07. The van der Waals surface area contributed by atoms with E-state index in [0.717, 1.165) is 0 Å². The van der Waals surface area contributed by atoms with Crippen LogP contribution in [0.5, 0.6) is 0 Å². The molecule has 1 aromatic heterocycles. The van der Waals surface area contributed by atoms with Crippen molar-refractivity contribution in [1.29, 1.82) is 0 Å². The highest BCUT2D eigenvalue weighted by molar-refractivity contribution is 5.93. The number of nitrogens with one attached hydrogen (secondary N) is 1. The molecule has 0 radical (unpaired) electrons. The third kappa shape index (κ3) is 2.88. The Hall–Kier alpha value is -1.29. The molecular weight excluding hydrogens is 182 g/mol. The largest absolute Gasteiger partial charge is 0.469 e. The second-order valence-electron chi connectivity index (χ2n) is 3.22. The molecule has 0 saturated heterocycles. The molecule has 1 atom stereocenters. The van der Waals surface area contributed by atoms with Crippen molar-refractivity contribution in [2.45, 2.75) is 26.4 Å². The fraction of sp³-hybridized carbons (Fsp3) is 0.500. The molecule has 0 spiro atoms. The first kappa shape index (κ1) is 10.8. The van der Waals surface area contributed by atoms with Crippen LogP contribution < -0.4 is 5.32 Å². The third-order valence-electron chi connectivity index (χ3n) is 1.96. The summed E-state index contributed by atoms with van der Waals surface area (Å²) in [5.41, 5.74) is 0.491. The van der Waals surface area contributed by atoms with E-state index >= 15 is 0 Å². The van der Waals surface area contributed by atoms with Crippen molar-refractivity contribution < 1.29 is 14.3 Å². The van der Waals surface area contributed by atoms with Crippen LogP contribution in [0.15, 0.2) is 16.7 Å². The number of carbonyl (C=O) groups is 1. The number of amides is 1. The van der Waals surface area contributed by atoms with Gasteiger partial charge in [0.05, 0.1) is 11.7 Å². The summed E-state index contributed by atoms with van der Waals surface area (Å²) < 4.78 is 5.00. The molecule has 2 N–H and O–H groups in total. The normalized spacial score (nSPS) is 12.5. The van der Waals surface area contributed by atoms with Crippen molar-refractivity contribution in [3.63, 3.8) is 0 Å². The SMILES string of the molecule is CCC(O)CNC(=O)c1coc(C)c1. The summed E-state index contributed by atoms with van der Waals surface area (Å²) in [4.78, 5) is 11.4. The van der Waals surface area contributed by atoms with Gasteiger partial charge in [0, 0.05) is 6.54 Å². The van der Waals surface area contributed by atoms with Crippen LogP contribution in [0.4, 0.5) is 0 Å². The van der Waals surface area contributed by atoms with E-state index in [4.69, 9.17) is 4.42 Å². The van der Waals surface area contributed by atoms with Gasteiger partial charge < -0.3 is 14.8 Å². The Morgan fingerprint density at radius 2 is 2.43 bits per heavy atom. The zero-order valence-electron chi connectivity index (χ0n) is 8.41. The van der Waals surface area contributed by atoms with Crippen LogP contribution >= 0.6 is 0 Å². The fourth-order valence-corrected chi connectivity index (χ4v) is 1.02. The number of aliphatic hydroxyl groups excluding tert-OH is 1. The zero-order chi connectivity index (χ0) is 10.6. The topological polar surface area (TPSA) is 62.5 Å². The second kappa shape index (κ2) is 4.81. The molecule has 1 unspecified atom stereocenters. The Labute approximate surface area is 82.9 Å². The molecule has 1 heterocycles. The molecular formula is C10H15NO3. The molecule has 14 heavy (non-hydrogen) atoms. The molecule has 78 valence electrons. The summed E-state index contributed by atoms with van der Waals surface area (Å²) in [6, 6.07) is 1.66. The first-order chi connectivity index (χ1) is 6.63. The van der Waals surface area contributed by atoms with Gasteiger partial charge in [0.1, 0.15) is 12.0 Å². The number of hydrogen-bond acceptors (Lipinski definition) is 3. The highest BCUT2D eigenvalue weighted by atomic mass is 16.3. The molecule has 4 heteroatoms. The van der Waals surface area contributed by atoms with Crippen molar-refractivity contribution in [1.82, 2.24) is 5.32 Å². The first-order valence-electron chi connectivity index (χ1n) is 4.65. The Morgan fingerprint density at radius 1 is 1.71 bits per heavy atom. The van der Waals surface area contributed by atoms with Gasteiger partial charge in [0.25, 0.3) is 5.91 Å². The minimum Gasteiger partial charge on any atom is -0.469 e. The summed E-state index contributed by atoms with van der Waals surface area (Å²) in [6.45, 7) is 3.91. The molecule has 0 aliphatic rings. The van der Waals surface area contributed by atoms with E-state index in [1.54, 1.807) is 13.0 Å². The molecule has 1 aromatic rings. The molecule has 0 aliphatic carbocycles. The van der Waals surface area contributed by atoms with Crippen LogP contribution in [0.2, 0.25) is 0 Å². The third-order valence-corrected chi connectivity index (χ3v) is 1.96. The molecule has 0 bridgehead atoms. The highest BCUT2D eigenvalue weighted by Crippen LogP contribution is 2.05. The van der Waals surface area contributed by atoms with Gasteiger partial charge in [-0.25, -0.2) is 0 Å². The van der Waals surface area contributed by atoms with Crippen LogP contribution in [0.25, 0.3) is 0 Å². The van der Waals surface area contributed by atoms with Crippen LogP contribution in [0, 0.1) is 6.92 Å². The van der Waals surface area contributed by atoms with Gasteiger partial charge in [0.15, 0.2) is 0 Å². The second-order valence-corrected chi connectivity index (χ2v) is 3.22. The van der Waals surface area contributed by atoms with Gasteiger partial charge in [-0.05, 0) is 19.4 Å². The van der Waals surface area contributed by atoms with Crippen LogP contribution in [0.3, 0.4) is 0 Å². The van der Waals surface area contributed by atoms with Crippen LogP contribution in [-0.4, -0.2) is 23.7 Å². The van der Waals surface area contributed by atoms with Gasteiger partial charge in [0.2, 0.25) is 0 Å². The van der Waals surface area contributed by atoms with E-state index in [-0.39, 0.29) is 12.5 Å². The summed E-state index contributed by atoms with van der Waals surface area (Å²) in [5, 5.41) is 11.8. The lowest BCUT2D eigenvalue weighted by atomic mass is 10.2. The maximum Gasteiger partial charge on any atom is 0.254 e. The quantitative estimate of drug-likeness (QED) is 0.759. The minimum absolute atomic E-state index is 0.214. The van der Waals surface area contributed by atoms with E-state index < -0.39 is 6.10 Å². The van der Waals surface area contributed by atoms with E-state index in [2.05, 4.69) is 5.32 Å². The van der Waals surface area contributed by atoms with Gasteiger partial charge in [-0.1, -0.05) is 6.92 Å². The van der Waals surface area contributed by atoms with Crippen LogP contribution in [0.1, 0.15) is 29.5 Å². The predicted octanol–water partition coefficient (Wildman–Crippen LogP) is 1.09. The van der Waals surface area contributed by atoms with Crippen molar-refractivity contribution in [2.24, 2.45) is 0 Å². The zero-order valence-corrected chi connectivity index (χ0v) is 8.41. The van der Waals surface area contributed by atoms with Crippen molar-refractivity contribution in [3.05, 3.63) is 23.7 Å². The maximum atomic E-state index is 11.4. The molecule has 1 amide bonds. The summed E-state index contributed by atoms with van der Waals surface area (Å²) in [5.74, 6) is 0.487. The number of furan rings is 1. The highest BCUT2D eigenvalue weighted by Gasteiger charge is 2.09. The number of aryl methyl sites for hydroxylation is 1. The Morgan fingerprint density at radius 3 is 2.93 bits per heavy atom. The van der Waals surface area contributed by atoms with Gasteiger partial charge in [-0.2, -0.15) is 0 Å². The summed E-state index contributed by atoms with van der Waals surface area (Å²) in [6.07, 6.45) is 1.56. The van der Waals surface area contributed by atoms with E-state index in [9.17, 15) is 9.90 Å². The molecule has 0 fully saturated rings. The van der Waals surface area contributed by atoms with E-state index in [0.29, 0.717) is 17.7 Å². The molecule has 0 saturated carbocycles. The van der Waals surface area contributed by atoms with Crippen LogP contribution in [-0.2, 0) is 0 Å². The molecule has 0 aromatic carbocycles. The van der Waals surface area contributed by atoms with Crippen molar-refractivity contribution >= 4 is 5.91 Å². The Balaban J connectivity index is 2.43. The minimum atomic E-state index is -0.480. The predicted molar refractivity (Wildman–Crippen MR) is 52.1 cm³/mol. The fourth-order valence-electron chi connectivity index (χ4n) is 1.02. The standard InChI is InChI=1S/C10H15NO3/c1-3-9(12)5-11-10(13)8-4-7(2)14-6-8/h4,6,9,12H,3,5H2,1-2H3,(H,11,13). The average Bonchev–Trinajstić information content (AvgIpc) is 2.60. The van der Waals surface area contributed by atoms with Crippen molar-refractivity contribution in [2.75, 3.05) is 6.54 Å². The van der Waals surface area contributed by atoms with E-state index in [1.165, 1.54) is 6.26 Å². The summed E-state index contributed by atoms with van der Waals surface area (Å²) >= 11 is 0. The Kier molecular flexibility index (Phi) is 3.71. The smallest absolute Gasteiger partial charge is 0.254 e. The van der Waals surface area contributed by atoms with Gasteiger partial charge in [-0.15, -0.1) is 0 Å². The monoisotopic (exact) mass is 197 g/mol. The number of rotatable bonds is 4. The van der Waals surface area contributed by atoms with Gasteiger partial charge >= 0.3 is 0 Å².